The zero-order chi connectivity index (χ0) is 19.1. The van der Waals surface area contributed by atoms with E-state index in [-0.39, 0.29) is 6.10 Å². The van der Waals surface area contributed by atoms with Gasteiger partial charge in [0, 0.05) is 32.7 Å². The summed E-state index contributed by atoms with van der Waals surface area (Å²) in [6.07, 6.45) is 5.58. The fourth-order valence-corrected chi connectivity index (χ4v) is 3.25. The molecule has 6 heteroatoms. The van der Waals surface area contributed by atoms with Crippen molar-refractivity contribution < 1.29 is 9.47 Å². The maximum atomic E-state index is 5.99. The summed E-state index contributed by atoms with van der Waals surface area (Å²) in [4.78, 5) is 6.99. The molecule has 3 rings (SSSR count). The Morgan fingerprint density at radius 3 is 2.56 bits per heavy atom. The molecule has 0 spiro atoms. The van der Waals surface area contributed by atoms with Gasteiger partial charge in [-0.1, -0.05) is 12.1 Å². The van der Waals surface area contributed by atoms with Gasteiger partial charge in [-0.25, -0.2) is 0 Å². The number of ether oxygens (including phenoxy) is 2. The zero-order valence-corrected chi connectivity index (χ0v) is 16.9. The van der Waals surface area contributed by atoms with Crippen LogP contribution in [0.3, 0.4) is 0 Å². The van der Waals surface area contributed by atoms with Gasteiger partial charge >= 0.3 is 0 Å². The van der Waals surface area contributed by atoms with Crippen LogP contribution < -0.4 is 20.1 Å². The Labute approximate surface area is 163 Å². The van der Waals surface area contributed by atoms with Crippen molar-refractivity contribution in [3.8, 4) is 11.5 Å². The van der Waals surface area contributed by atoms with Crippen LogP contribution in [-0.4, -0.2) is 63.3 Å². The van der Waals surface area contributed by atoms with Gasteiger partial charge in [0.05, 0.1) is 13.7 Å². The van der Waals surface area contributed by atoms with Crippen LogP contribution in [-0.2, 0) is 0 Å². The van der Waals surface area contributed by atoms with Crippen molar-refractivity contribution in [2.75, 3.05) is 40.3 Å². The van der Waals surface area contributed by atoms with Crippen LogP contribution in [0.5, 0.6) is 11.5 Å². The summed E-state index contributed by atoms with van der Waals surface area (Å²) in [5, 5.41) is 6.79. The highest BCUT2D eigenvalue weighted by Gasteiger charge is 2.33. The zero-order valence-electron chi connectivity index (χ0n) is 16.9. The highest BCUT2D eigenvalue weighted by molar-refractivity contribution is 5.79. The predicted molar refractivity (Wildman–Crippen MR) is 110 cm³/mol. The van der Waals surface area contributed by atoms with E-state index in [0.717, 1.165) is 42.5 Å². The molecule has 2 saturated carbocycles. The fourth-order valence-electron chi connectivity index (χ4n) is 3.25. The highest BCUT2D eigenvalue weighted by Crippen LogP contribution is 2.34. The number of aliphatic imine (C=N–C) groups is 1. The molecule has 2 aliphatic carbocycles. The van der Waals surface area contributed by atoms with Gasteiger partial charge in [-0.3, -0.25) is 9.89 Å². The van der Waals surface area contributed by atoms with E-state index in [1.807, 2.05) is 38.2 Å². The van der Waals surface area contributed by atoms with Crippen LogP contribution in [0.1, 0.15) is 32.6 Å². The van der Waals surface area contributed by atoms with E-state index in [1.165, 1.54) is 32.2 Å². The number of nitrogens with one attached hydrogen (secondary N) is 2. The van der Waals surface area contributed by atoms with Gasteiger partial charge in [0.1, 0.15) is 6.10 Å². The van der Waals surface area contributed by atoms with E-state index in [9.17, 15) is 0 Å². The van der Waals surface area contributed by atoms with Crippen molar-refractivity contribution in [1.29, 1.82) is 0 Å². The van der Waals surface area contributed by atoms with Gasteiger partial charge in [0.2, 0.25) is 0 Å². The van der Waals surface area contributed by atoms with Crippen molar-refractivity contribution in [1.82, 2.24) is 15.5 Å². The van der Waals surface area contributed by atoms with Crippen molar-refractivity contribution in [3.05, 3.63) is 24.3 Å². The third-order valence-electron chi connectivity index (χ3n) is 5.12. The Morgan fingerprint density at radius 2 is 1.93 bits per heavy atom. The Kier molecular flexibility index (Phi) is 7.21. The van der Waals surface area contributed by atoms with E-state index in [4.69, 9.17) is 9.47 Å². The molecule has 0 aromatic heterocycles. The van der Waals surface area contributed by atoms with Crippen LogP contribution in [0.2, 0.25) is 0 Å². The minimum Gasteiger partial charge on any atom is -0.493 e. The summed E-state index contributed by atoms with van der Waals surface area (Å²) in [6, 6.07) is 8.55. The quantitative estimate of drug-likeness (QED) is 0.460. The lowest BCUT2D eigenvalue weighted by Crippen LogP contribution is -2.45. The highest BCUT2D eigenvalue weighted by atomic mass is 16.5. The first-order valence-electron chi connectivity index (χ1n) is 10.2. The summed E-state index contributed by atoms with van der Waals surface area (Å²) in [6.45, 7) is 6.01. The van der Waals surface area contributed by atoms with Crippen LogP contribution in [0.25, 0.3) is 0 Å². The van der Waals surface area contributed by atoms with Gasteiger partial charge in [0.25, 0.3) is 0 Å². The second-order valence-corrected chi connectivity index (χ2v) is 7.63. The Bertz CT molecular complexity index is 614. The first kappa shape index (κ1) is 19.8. The molecule has 1 aromatic carbocycles. The normalized spacial score (nSPS) is 18.3. The van der Waals surface area contributed by atoms with Crippen molar-refractivity contribution >= 4 is 5.96 Å². The summed E-state index contributed by atoms with van der Waals surface area (Å²) in [5.74, 6) is 3.30. The van der Waals surface area contributed by atoms with Gasteiger partial charge in [-0.15, -0.1) is 0 Å². The smallest absolute Gasteiger partial charge is 0.191 e. The molecule has 1 atom stereocenters. The lowest BCUT2D eigenvalue weighted by atomic mass is 10.3. The molecular formula is C21H34N4O2. The second-order valence-electron chi connectivity index (χ2n) is 7.63. The second kappa shape index (κ2) is 9.83. The average Bonchev–Trinajstić information content (AvgIpc) is 3.57. The topological polar surface area (TPSA) is 58.1 Å². The molecule has 0 saturated heterocycles. The third-order valence-corrected chi connectivity index (χ3v) is 5.12. The fraction of sp³-hybridized carbons (Fsp3) is 0.667. The van der Waals surface area contributed by atoms with Crippen molar-refractivity contribution in [2.45, 2.75) is 44.8 Å². The molecule has 0 radical (unpaired) electrons. The molecule has 0 bridgehead atoms. The van der Waals surface area contributed by atoms with Crippen LogP contribution in [0, 0.1) is 5.92 Å². The number of guanidine groups is 1. The first-order chi connectivity index (χ1) is 13.2. The molecule has 150 valence electrons. The molecule has 0 amide bonds. The van der Waals surface area contributed by atoms with Gasteiger partial charge in [-0.2, -0.15) is 0 Å². The van der Waals surface area contributed by atoms with E-state index in [1.54, 1.807) is 7.11 Å². The Balaban J connectivity index is 1.36. The summed E-state index contributed by atoms with van der Waals surface area (Å²) in [7, 11) is 3.47. The number of rotatable bonds is 11. The van der Waals surface area contributed by atoms with Gasteiger partial charge in [-0.05, 0) is 50.7 Å². The molecule has 1 aromatic rings. The minimum absolute atomic E-state index is 0.00215. The maximum Gasteiger partial charge on any atom is 0.191 e. The molecule has 0 aliphatic heterocycles. The number of para-hydroxylation sites is 2. The molecule has 2 N–H and O–H groups in total. The summed E-state index contributed by atoms with van der Waals surface area (Å²) >= 11 is 0. The van der Waals surface area contributed by atoms with Crippen LogP contribution in [0.15, 0.2) is 29.3 Å². The SMILES string of the molecule is CN=C(NCCN(CC1CC1)C1CC1)NCC(C)Oc1ccccc1OC. The average molecular weight is 375 g/mol. The Hall–Kier alpha value is -1.95. The van der Waals surface area contributed by atoms with E-state index in [2.05, 4.69) is 20.5 Å². The summed E-state index contributed by atoms with van der Waals surface area (Å²) in [5.41, 5.74) is 0. The molecule has 2 aliphatic rings. The van der Waals surface area contributed by atoms with E-state index in [0.29, 0.717) is 6.54 Å². The number of benzene rings is 1. The van der Waals surface area contributed by atoms with Gasteiger partial charge in [0.15, 0.2) is 17.5 Å². The maximum absolute atomic E-state index is 5.99. The van der Waals surface area contributed by atoms with E-state index >= 15 is 0 Å². The first-order valence-corrected chi connectivity index (χ1v) is 10.2. The lowest BCUT2D eigenvalue weighted by molar-refractivity contribution is 0.213. The minimum atomic E-state index is -0.00215. The third kappa shape index (κ3) is 6.61. The van der Waals surface area contributed by atoms with Crippen molar-refractivity contribution in [2.24, 2.45) is 10.9 Å². The molecule has 27 heavy (non-hydrogen) atoms. The monoisotopic (exact) mass is 374 g/mol. The largest absolute Gasteiger partial charge is 0.493 e. The number of hydrogen-bond acceptors (Lipinski definition) is 4. The molecule has 1 unspecified atom stereocenters. The van der Waals surface area contributed by atoms with Crippen LogP contribution >= 0.6 is 0 Å². The molecule has 6 nitrogen and oxygen atoms in total. The van der Waals surface area contributed by atoms with E-state index < -0.39 is 0 Å². The number of hydrogen-bond donors (Lipinski definition) is 2. The van der Waals surface area contributed by atoms with Crippen molar-refractivity contribution in [3.63, 3.8) is 0 Å². The number of nitrogens with zero attached hydrogens (tertiary/aromatic N) is 2. The summed E-state index contributed by atoms with van der Waals surface area (Å²) < 4.78 is 11.3. The number of methoxy groups -OCH3 is 1. The standard InChI is InChI=1S/C21H34N4O2/c1-16(27-20-7-5-4-6-19(20)26-3)14-24-21(22-2)23-12-13-25(18-10-11-18)15-17-8-9-17/h4-7,16-18H,8-15H2,1-3H3,(H2,22,23,24). The van der Waals surface area contributed by atoms with Gasteiger partial charge < -0.3 is 20.1 Å². The predicted octanol–water partition coefficient (Wildman–Crippen LogP) is 2.50. The molecule has 0 heterocycles. The molecule has 2 fully saturated rings. The molecular weight excluding hydrogens is 340 g/mol. The lowest BCUT2D eigenvalue weighted by Gasteiger charge is -2.23. The Morgan fingerprint density at radius 1 is 1.19 bits per heavy atom. The van der Waals surface area contributed by atoms with Crippen LogP contribution in [0.4, 0.5) is 0 Å².